The third-order valence-corrected chi connectivity index (χ3v) is 2.75. The molecule has 0 aliphatic heterocycles. The van der Waals surface area contributed by atoms with E-state index < -0.39 is 4.92 Å². The average molecular weight is 225 g/mol. The van der Waals surface area contributed by atoms with Crippen molar-refractivity contribution in [3.63, 3.8) is 0 Å². The molecule has 0 N–H and O–H groups in total. The van der Waals surface area contributed by atoms with E-state index in [1.54, 1.807) is 12.1 Å². The van der Waals surface area contributed by atoms with Crippen LogP contribution >= 0.6 is 11.8 Å². The lowest BCUT2D eigenvalue weighted by Crippen LogP contribution is -1.92. The number of nitrogens with zero attached hydrogens (tertiary/aromatic N) is 1. The van der Waals surface area contributed by atoms with E-state index in [1.165, 1.54) is 30.8 Å². The van der Waals surface area contributed by atoms with E-state index >= 15 is 0 Å². The van der Waals surface area contributed by atoms with Crippen LogP contribution in [0, 0.1) is 10.1 Å². The lowest BCUT2D eigenvalue weighted by molar-refractivity contribution is -0.385. The Hall–Kier alpha value is -1.36. The highest BCUT2D eigenvalue weighted by Crippen LogP contribution is 2.23. The minimum absolute atomic E-state index is 0.0859. The van der Waals surface area contributed by atoms with Crippen LogP contribution in [-0.2, 0) is 4.79 Å². The highest BCUT2D eigenvalue weighted by molar-refractivity contribution is 7.99. The van der Waals surface area contributed by atoms with E-state index in [2.05, 4.69) is 0 Å². The highest BCUT2D eigenvalue weighted by Gasteiger charge is 2.05. The van der Waals surface area contributed by atoms with Crippen molar-refractivity contribution in [1.82, 2.24) is 0 Å². The van der Waals surface area contributed by atoms with Crippen molar-refractivity contribution < 1.29 is 9.72 Å². The third kappa shape index (κ3) is 4.12. The first-order valence-electron chi connectivity index (χ1n) is 4.46. The molecule has 80 valence electrons. The minimum atomic E-state index is -0.422. The second-order valence-corrected chi connectivity index (χ2v) is 4.22. The highest BCUT2D eigenvalue weighted by atomic mass is 32.2. The second-order valence-electron chi connectivity index (χ2n) is 3.05. The molecule has 0 radical (unpaired) electrons. The molecule has 0 aliphatic rings. The fraction of sp³-hybridized carbons (Fsp3) is 0.300. The van der Waals surface area contributed by atoms with Crippen molar-refractivity contribution in [2.75, 3.05) is 5.75 Å². The summed E-state index contributed by atoms with van der Waals surface area (Å²) in [6.45, 7) is 1.54. The quantitative estimate of drug-likeness (QED) is 0.439. The molecule has 1 rings (SSSR count). The zero-order chi connectivity index (χ0) is 11.3. The van der Waals surface area contributed by atoms with Gasteiger partial charge in [-0.3, -0.25) is 14.9 Å². The van der Waals surface area contributed by atoms with E-state index in [0.29, 0.717) is 12.2 Å². The molecular weight excluding hydrogens is 214 g/mol. The Morgan fingerprint density at radius 3 is 2.87 bits per heavy atom. The molecule has 0 aromatic heterocycles. The molecule has 0 saturated heterocycles. The average Bonchev–Trinajstić information content (AvgIpc) is 2.17. The smallest absolute Gasteiger partial charge is 0.270 e. The van der Waals surface area contributed by atoms with Crippen LogP contribution in [0.5, 0.6) is 0 Å². The first-order valence-corrected chi connectivity index (χ1v) is 5.45. The summed E-state index contributed by atoms with van der Waals surface area (Å²) < 4.78 is 0. The van der Waals surface area contributed by atoms with E-state index in [9.17, 15) is 14.9 Å². The number of non-ortho nitro benzene ring substituents is 1. The Morgan fingerprint density at radius 2 is 2.27 bits per heavy atom. The Kier molecular flexibility index (Phi) is 4.30. The molecule has 0 saturated carbocycles. The number of rotatable bonds is 5. The van der Waals surface area contributed by atoms with E-state index in [0.717, 1.165) is 4.90 Å². The van der Waals surface area contributed by atoms with E-state index in [1.807, 2.05) is 0 Å². The number of nitro benzene ring substituents is 1. The molecule has 0 aliphatic carbocycles. The molecule has 4 nitrogen and oxygen atoms in total. The number of Topliss-reactive ketones (excluding diaryl/α,β-unsaturated/α-hetero) is 1. The molecule has 1 aromatic rings. The maximum atomic E-state index is 10.7. The van der Waals surface area contributed by atoms with Crippen molar-refractivity contribution in [1.29, 1.82) is 0 Å². The van der Waals surface area contributed by atoms with Crippen molar-refractivity contribution in [2.24, 2.45) is 0 Å². The first kappa shape index (κ1) is 11.7. The Balaban J connectivity index is 2.58. The molecule has 0 bridgehead atoms. The molecule has 0 atom stereocenters. The van der Waals surface area contributed by atoms with Crippen LogP contribution in [0.3, 0.4) is 0 Å². The van der Waals surface area contributed by atoms with E-state index in [4.69, 9.17) is 0 Å². The van der Waals surface area contributed by atoms with Crippen LogP contribution in [-0.4, -0.2) is 16.5 Å². The van der Waals surface area contributed by atoms with Gasteiger partial charge in [0.15, 0.2) is 0 Å². The monoisotopic (exact) mass is 225 g/mol. The number of nitro groups is 1. The predicted octanol–water partition coefficient (Wildman–Crippen LogP) is 2.67. The predicted molar refractivity (Wildman–Crippen MR) is 59.1 cm³/mol. The van der Waals surface area contributed by atoms with Gasteiger partial charge in [-0.15, -0.1) is 11.8 Å². The number of hydrogen-bond acceptors (Lipinski definition) is 4. The zero-order valence-electron chi connectivity index (χ0n) is 8.30. The summed E-state index contributed by atoms with van der Waals surface area (Å²) in [6.07, 6.45) is 0.493. The summed E-state index contributed by atoms with van der Waals surface area (Å²) >= 11 is 1.46. The summed E-state index contributed by atoms with van der Waals surface area (Å²) in [6, 6.07) is 6.42. The van der Waals surface area contributed by atoms with Crippen LogP contribution in [0.1, 0.15) is 13.3 Å². The van der Waals surface area contributed by atoms with Gasteiger partial charge in [0.1, 0.15) is 5.78 Å². The maximum absolute atomic E-state index is 10.7. The van der Waals surface area contributed by atoms with Gasteiger partial charge in [0.05, 0.1) is 4.92 Å². The lowest BCUT2D eigenvalue weighted by Gasteiger charge is -1.99. The molecule has 0 spiro atoms. The molecule has 0 unspecified atom stereocenters. The molecule has 0 heterocycles. The molecule has 1 aromatic carbocycles. The minimum Gasteiger partial charge on any atom is -0.300 e. The largest absolute Gasteiger partial charge is 0.300 e. The van der Waals surface area contributed by atoms with Crippen LogP contribution in [0.15, 0.2) is 29.2 Å². The van der Waals surface area contributed by atoms with Gasteiger partial charge in [0.2, 0.25) is 0 Å². The number of hydrogen-bond donors (Lipinski definition) is 0. The molecule has 5 heteroatoms. The van der Waals surface area contributed by atoms with Gasteiger partial charge in [-0.05, 0) is 13.0 Å². The SMILES string of the molecule is CC(=O)CCSc1cccc([N+](=O)[O-])c1. The number of ketones is 1. The van der Waals surface area contributed by atoms with Crippen molar-refractivity contribution in [2.45, 2.75) is 18.2 Å². The number of thioether (sulfide) groups is 1. The normalized spacial score (nSPS) is 9.93. The summed E-state index contributed by atoms with van der Waals surface area (Å²) in [5.74, 6) is 0.796. The van der Waals surface area contributed by atoms with Crippen LogP contribution in [0.2, 0.25) is 0 Å². The standard InChI is InChI=1S/C10H11NO3S/c1-8(12)5-6-15-10-4-2-3-9(7-10)11(13)14/h2-4,7H,5-6H2,1H3. The summed E-state index contributed by atoms with van der Waals surface area (Å²) in [5, 5.41) is 10.5. The Labute approximate surface area is 91.8 Å². The molecule has 15 heavy (non-hydrogen) atoms. The van der Waals surface area contributed by atoms with Crippen molar-refractivity contribution in [3.05, 3.63) is 34.4 Å². The van der Waals surface area contributed by atoms with Gasteiger partial charge in [0, 0.05) is 29.2 Å². The van der Waals surface area contributed by atoms with Gasteiger partial charge in [0.25, 0.3) is 5.69 Å². The molecule has 0 amide bonds. The van der Waals surface area contributed by atoms with Gasteiger partial charge < -0.3 is 0 Å². The summed E-state index contributed by atoms with van der Waals surface area (Å²) in [4.78, 5) is 21.6. The summed E-state index contributed by atoms with van der Waals surface area (Å²) in [5.41, 5.74) is 0.0859. The maximum Gasteiger partial charge on any atom is 0.270 e. The van der Waals surface area contributed by atoms with Gasteiger partial charge in [-0.2, -0.15) is 0 Å². The second kappa shape index (κ2) is 5.50. The number of benzene rings is 1. The molecule has 0 fully saturated rings. The number of carbonyl (C=O) groups is 1. The fourth-order valence-electron chi connectivity index (χ4n) is 0.999. The van der Waals surface area contributed by atoms with Gasteiger partial charge >= 0.3 is 0 Å². The third-order valence-electron chi connectivity index (χ3n) is 1.75. The fourth-order valence-corrected chi connectivity index (χ4v) is 2.00. The Bertz CT molecular complexity index is 379. The van der Waals surface area contributed by atoms with E-state index in [-0.39, 0.29) is 11.5 Å². The summed E-state index contributed by atoms with van der Waals surface area (Å²) in [7, 11) is 0. The number of carbonyl (C=O) groups excluding carboxylic acids is 1. The van der Waals surface area contributed by atoms with Crippen LogP contribution < -0.4 is 0 Å². The topological polar surface area (TPSA) is 60.2 Å². The molecular formula is C10H11NO3S. The zero-order valence-corrected chi connectivity index (χ0v) is 9.12. The van der Waals surface area contributed by atoms with Gasteiger partial charge in [-0.25, -0.2) is 0 Å². The lowest BCUT2D eigenvalue weighted by atomic mass is 10.3. The Morgan fingerprint density at radius 1 is 1.53 bits per heavy atom. The van der Waals surface area contributed by atoms with Gasteiger partial charge in [-0.1, -0.05) is 6.07 Å². The van der Waals surface area contributed by atoms with Crippen LogP contribution in [0.4, 0.5) is 5.69 Å². The van der Waals surface area contributed by atoms with Crippen LogP contribution in [0.25, 0.3) is 0 Å². The van der Waals surface area contributed by atoms with Crippen molar-refractivity contribution >= 4 is 23.2 Å². The van der Waals surface area contributed by atoms with Crippen molar-refractivity contribution in [3.8, 4) is 0 Å². The first-order chi connectivity index (χ1) is 7.09.